The van der Waals surface area contributed by atoms with Crippen molar-refractivity contribution in [3.63, 3.8) is 0 Å². The molecule has 0 bridgehead atoms. The minimum atomic E-state index is -0.0513. The molecule has 19 heavy (non-hydrogen) atoms. The highest BCUT2D eigenvalue weighted by Gasteiger charge is 2.22. The smallest absolute Gasteiger partial charge is 0.0350 e. The van der Waals surface area contributed by atoms with Crippen LogP contribution < -0.4 is 0 Å². The van der Waals surface area contributed by atoms with E-state index in [0.717, 1.165) is 12.8 Å². The quantitative estimate of drug-likeness (QED) is 0.689. The van der Waals surface area contributed by atoms with Crippen LogP contribution in [0.2, 0.25) is 0 Å². The summed E-state index contributed by atoms with van der Waals surface area (Å²) in [5.41, 5.74) is 2.72. The Kier molecular flexibility index (Phi) is 4.71. The molecule has 0 fully saturated rings. The Bertz CT molecular complexity index is 488. The maximum Gasteiger partial charge on any atom is 0.0350 e. The normalized spacial score (nSPS) is 15.7. The summed E-state index contributed by atoms with van der Waals surface area (Å²) in [5, 5.41) is 0. The van der Waals surface area contributed by atoms with E-state index in [2.05, 4.69) is 74.5 Å². The van der Waals surface area contributed by atoms with Gasteiger partial charge in [0, 0.05) is 4.75 Å². The lowest BCUT2D eigenvalue weighted by Gasteiger charge is -2.26. The SMILES string of the molecule is CC(CCC(C)(S)c1ccccc1)c1ccccc1. The first-order chi connectivity index (χ1) is 9.09. The van der Waals surface area contributed by atoms with Crippen molar-refractivity contribution in [2.45, 2.75) is 37.4 Å². The van der Waals surface area contributed by atoms with Crippen molar-refractivity contribution in [3.05, 3.63) is 71.8 Å². The van der Waals surface area contributed by atoms with Crippen LogP contribution in [0.5, 0.6) is 0 Å². The molecule has 0 saturated heterocycles. The number of hydrogen-bond acceptors (Lipinski definition) is 1. The number of thiol groups is 1. The molecule has 0 radical (unpaired) electrons. The lowest BCUT2D eigenvalue weighted by Crippen LogP contribution is -2.14. The summed E-state index contributed by atoms with van der Waals surface area (Å²) in [4.78, 5) is 0. The van der Waals surface area contributed by atoms with E-state index in [4.69, 9.17) is 12.6 Å². The minimum Gasteiger partial charge on any atom is -0.168 e. The summed E-state index contributed by atoms with van der Waals surface area (Å²) in [7, 11) is 0. The van der Waals surface area contributed by atoms with E-state index < -0.39 is 0 Å². The van der Waals surface area contributed by atoms with Crippen LogP contribution in [-0.4, -0.2) is 0 Å². The van der Waals surface area contributed by atoms with Crippen LogP contribution in [0.3, 0.4) is 0 Å². The Labute approximate surface area is 122 Å². The fraction of sp³-hybridized carbons (Fsp3) is 0.333. The monoisotopic (exact) mass is 270 g/mol. The Morgan fingerprint density at radius 2 is 1.47 bits per heavy atom. The third-order valence-corrected chi connectivity index (χ3v) is 4.31. The second-order valence-corrected chi connectivity index (χ2v) is 6.48. The molecule has 100 valence electrons. The van der Waals surface area contributed by atoms with E-state index in [-0.39, 0.29) is 4.75 Å². The maximum atomic E-state index is 4.86. The molecule has 0 aliphatic rings. The van der Waals surface area contributed by atoms with E-state index in [1.807, 2.05) is 0 Å². The minimum absolute atomic E-state index is 0.0513. The molecule has 2 aromatic carbocycles. The zero-order valence-electron chi connectivity index (χ0n) is 11.7. The molecule has 0 spiro atoms. The second kappa shape index (κ2) is 6.29. The molecule has 0 amide bonds. The van der Waals surface area contributed by atoms with E-state index in [9.17, 15) is 0 Å². The van der Waals surface area contributed by atoms with Gasteiger partial charge in [0.25, 0.3) is 0 Å². The molecular formula is C18H22S. The number of rotatable bonds is 5. The predicted molar refractivity (Wildman–Crippen MR) is 86.9 cm³/mol. The Morgan fingerprint density at radius 3 is 2.05 bits per heavy atom. The van der Waals surface area contributed by atoms with Gasteiger partial charge in [0.1, 0.15) is 0 Å². The van der Waals surface area contributed by atoms with Gasteiger partial charge in [-0.2, -0.15) is 12.6 Å². The van der Waals surface area contributed by atoms with Crippen LogP contribution in [0.25, 0.3) is 0 Å². The van der Waals surface area contributed by atoms with Crippen molar-refractivity contribution < 1.29 is 0 Å². The van der Waals surface area contributed by atoms with Crippen molar-refractivity contribution in [3.8, 4) is 0 Å². The molecule has 0 aliphatic carbocycles. The van der Waals surface area contributed by atoms with Gasteiger partial charge in [-0.1, -0.05) is 67.6 Å². The summed E-state index contributed by atoms with van der Waals surface area (Å²) in [6.07, 6.45) is 2.23. The van der Waals surface area contributed by atoms with Gasteiger partial charge in [-0.3, -0.25) is 0 Å². The van der Waals surface area contributed by atoms with Crippen LogP contribution in [-0.2, 0) is 4.75 Å². The summed E-state index contributed by atoms with van der Waals surface area (Å²) in [6.45, 7) is 4.51. The first kappa shape index (κ1) is 14.2. The van der Waals surface area contributed by atoms with Crippen molar-refractivity contribution >= 4 is 12.6 Å². The highest BCUT2D eigenvalue weighted by atomic mass is 32.1. The van der Waals surface area contributed by atoms with E-state index in [1.165, 1.54) is 11.1 Å². The zero-order valence-corrected chi connectivity index (χ0v) is 12.6. The molecule has 2 rings (SSSR count). The van der Waals surface area contributed by atoms with Gasteiger partial charge in [-0.05, 0) is 36.8 Å². The first-order valence-corrected chi connectivity index (χ1v) is 7.37. The van der Waals surface area contributed by atoms with Crippen molar-refractivity contribution in [1.82, 2.24) is 0 Å². The van der Waals surface area contributed by atoms with Crippen LogP contribution >= 0.6 is 12.6 Å². The van der Waals surface area contributed by atoms with Crippen molar-refractivity contribution in [1.29, 1.82) is 0 Å². The highest BCUT2D eigenvalue weighted by molar-refractivity contribution is 7.81. The first-order valence-electron chi connectivity index (χ1n) is 6.92. The zero-order chi connectivity index (χ0) is 13.7. The van der Waals surface area contributed by atoms with Crippen molar-refractivity contribution in [2.24, 2.45) is 0 Å². The lowest BCUT2D eigenvalue weighted by atomic mass is 9.88. The van der Waals surface area contributed by atoms with Gasteiger partial charge in [0.05, 0.1) is 0 Å². The van der Waals surface area contributed by atoms with Crippen LogP contribution in [0.1, 0.15) is 43.7 Å². The molecule has 0 N–H and O–H groups in total. The molecular weight excluding hydrogens is 248 g/mol. The third kappa shape index (κ3) is 3.87. The highest BCUT2D eigenvalue weighted by Crippen LogP contribution is 2.35. The van der Waals surface area contributed by atoms with Crippen molar-refractivity contribution in [2.75, 3.05) is 0 Å². The molecule has 0 aromatic heterocycles. The summed E-state index contributed by atoms with van der Waals surface area (Å²) < 4.78 is -0.0513. The predicted octanol–water partition coefficient (Wildman–Crippen LogP) is 5.42. The third-order valence-electron chi connectivity index (χ3n) is 3.83. The fourth-order valence-electron chi connectivity index (χ4n) is 2.39. The van der Waals surface area contributed by atoms with Gasteiger partial charge < -0.3 is 0 Å². The lowest BCUT2D eigenvalue weighted by molar-refractivity contribution is 0.542. The molecule has 1 heteroatoms. The summed E-state index contributed by atoms with van der Waals surface area (Å²) in [5.74, 6) is 0.580. The Balaban J connectivity index is 1.99. The topological polar surface area (TPSA) is 0 Å². The van der Waals surface area contributed by atoms with Gasteiger partial charge in [0.15, 0.2) is 0 Å². The molecule has 2 aromatic rings. The maximum absolute atomic E-state index is 4.86. The Hall–Kier alpha value is -1.21. The van der Waals surface area contributed by atoms with Crippen LogP contribution in [0.15, 0.2) is 60.7 Å². The largest absolute Gasteiger partial charge is 0.168 e. The van der Waals surface area contributed by atoms with Gasteiger partial charge >= 0.3 is 0 Å². The van der Waals surface area contributed by atoms with Gasteiger partial charge in [-0.15, -0.1) is 0 Å². The van der Waals surface area contributed by atoms with Gasteiger partial charge in [-0.25, -0.2) is 0 Å². The second-order valence-electron chi connectivity index (χ2n) is 5.49. The Morgan fingerprint density at radius 1 is 0.947 bits per heavy atom. The van der Waals surface area contributed by atoms with Crippen LogP contribution in [0.4, 0.5) is 0 Å². The van der Waals surface area contributed by atoms with E-state index in [0.29, 0.717) is 5.92 Å². The van der Waals surface area contributed by atoms with Crippen LogP contribution in [0, 0.1) is 0 Å². The fourth-order valence-corrected chi connectivity index (χ4v) is 2.67. The number of hydrogen-bond donors (Lipinski definition) is 1. The average Bonchev–Trinajstić information content (AvgIpc) is 2.47. The molecule has 0 heterocycles. The molecule has 2 atom stereocenters. The summed E-state index contributed by atoms with van der Waals surface area (Å²) >= 11 is 4.86. The number of benzene rings is 2. The standard InChI is InChI=1S/C18H22S/c1-15(16-9-5-3-6-10-16)13-14-18(2,19)17-11-7-4-8-12-17/h3-12,15,19H,13-14H2,1-2H3. The average molecular weight is 270 g/mol. The van der Waals surface area contributed by atoms with Gasteiger partial charge in [0.2, 0.25) is 0 Å². The molecule has 0 aliphatic heterocycles. The summed E-state index contributed by atoms with van der Waals surface area (Å²) in [6, 6.07) is 21.3. The molecule has 0 saturated carbocycles. The molecule has 0 nitrogen and oxygen atoms in total. The van der Waals surface area contributed by atoms with E-state index >= 15 is 0 Å². The molecule has 2 unspecified atom stereocenters. The van der Waals surface area contributed by atoms with E-state index in [1.54, 1.807) is 0 Å².